The zero-order valence-electron chi connectivity index (χ0n) is 23.2. The largest absolute Gasteiger partial charge is 0.462 e. The molecule has 3 aromatic heterocycles. The van der Waals surface area contributed by atoms with Gasteiger partial charge in [0.05, 0.1) is 25.0 Å². The lowest BCUT2D eigenvalue weighted by Crippen LogP contribution is -2.25. The summed E-state index contributed by atoms with van der Waals surface area (Å²) in [6, 6.07) is 0.349. The van der Waals surface area contributed by atoms with E-state index in [1.54, 1.807) is 6.92 Å². The summed E-state index contributed by atoms with van der Waals surface area (Å²) in [4.78, 5) is 22.0. The van der Waals surface area contributed by atoms with E-state index >= 15 is 0 Å². The number of ether oxygens (including phenoxy) is 1. The molecule has 1 saturated heterocycles. The van der Waals surface area contributed by atoms with Crippen LogP contribution in [0.2, 0.25) is 0 Å². The topological polar surface area (TPSA) is 98.6 Å². The number of esters is 1. The van der Waals surface area contributed by atoms with E-state index in [9.17, 15) is 9.18 Å². The molecule has 9 heteroatoms. The van der Waals surface area contributed by atoms with Gasteiger partial charge in [0.1, 0.15) is 17.2 Å². The average molecular weight is 433 g/mol. The Morgan fingerprint density at radius 2 is 2.35 bits per heavy atom. The molecule has 1 unspecified atom stereocenters. The highest BCUT2D eigenvalue weighted by Gasteiger charge is 2.30. The predicted octanol–water partition coefficient (Wildman–Crippen LogP) is 3.06. The summed E-state index contributed by atoms with van der Waals surface area (Å²) >= 11 is 0. The number of hydrogen-bond acceptors (Lipinski definition) is 7. The SMILES string of the molecule is [2H]C1([2H])CCC(c2cc(F)cnc2C([2H])([2H])C([2H])([2H])[C@@H](C)N)N1c1ccn2ncc(C(=O)OCC)c2n1. The maximum atomic E-state index is 14.5. The Balaban J connectivity index is 1.87. The fraction of sp³-hybridized carbons (Fsp3) is 0.455. The van der Waals surface area contributed by atoms with E-state index in [4.69, 9.17) is 18.7 Å². The predicted molar refractivity (Wildman–Crippen MR) is 114 cm³/mol. The van der Waals surface area contributed by atoms with E-state index in [0.717, 1.165) is 12.3 Å². The highest BCUT2D eigenvalue weighted by atomic mass is 19.1. The summed E-state index contributed by atoms with van der Waals surface area (Å²) in [5.74, 6) is -1.34. The molecule has 4 rings (SSSR count). The van der Waals surface area contributed by atoms with Crippen LogP contribution >= 0.6 is 0 Å². The number of nitrogens with two attached hydrogens (primary N) is 1. The summed E-state index contributed by atoms with van der Waals surface area (Å²) in [6.07, 6.45) is -1.59. The van der Waals surface area contributed by atoms with E-state index < -0.39 is 43.1 Å². The van der Waals surface area contributed by atoms with Crippen LogP contribution in [0.25, 0.3) is 5.65 Å². The molecule has 8 nitrogen and oxygen atoms in total. The Bertz CT molecular complexity index is 1330. The molecule has 164 valence electrons. The van der Waals surface area contributed by atoms with Gasteiger partial charge in [-0.3, -0.25) is 4.98 Å². The maximum absolute atomic E-state index is 14.5. The van der Waals surface area contributed by atoms with Crippen LogP contribution in [-0.4, -0.2) is 44.7 Å². The minimum atomic E-state index is -2.73. The number of fused-ring (bicyclic) bond motifs is 1. The van der Waals surface area contributed by atoms with Crippen LogP contribution in [0, 0.1) is 5.82 Å². The first-order chi connectivity index (χ1) is 17.2. The van der Waals surface area contributed by atoms with Gasteiger partial charge in [0.15, 0.2) is 5.65 Å². The summed E-state index contributed by atoms with van der Waals surface area (Å²) < 4.78 is 71.9. The average Bonchev–Trinajstić information content (AvgIpc) is 3.38. The summed E-state index contributed by atoms with van der Waals surface area (Å²) in [5, 5.41) is 4.08. The zero-order chi connectivity index (χ0) is 27.3. The second kappa shape index (κ2) is 8.97. The van der Waals surface area contributed by atoms with Gasteiger partial charge in [-0.2, -0.15) is 5.10 Å². The second-order valence-corrected chi connectivity index (χ2v) is 7.06. The molecule has 0 saturated carbocycles. The number of hydrogen-bond donors (Lipinski definition) is 1. The van der Waals surface area contributed by atoms with Crippen molar-refractivity contribution in [3.05, 3.63) is 53.4 Å². The van der Waals surface area contributed by atoms with Gasteiger partial charge in [0.2, 0.25) is 0 Å². The maximum Gasteiger partial charge on any atom is 0.343 e. The molecule has 0 radical (unpaired) electrons. The Morgan fingerprint density at radius 3 is 3.13 bits per heavy atom. The van der Waals surface area contributed by atoms with Crippen LogP contribution in [0.3, 0.4) is 0 Å². The van der Waals surface area contributed by atoms with E-state index in [1.807, 2.05) is 0 Å². The van der Waals surface area contributed by atoms with E-state index in [0.29, 0.717) is 0 Å². The quantitative estimate of drug-likeness (QED) is 0.573. The number of carbonyl (C=O) groups is 1. The first-order valence-corrected chi connectivity index (χ1v) is 9.94. The van der Waals surface area contributed by atoms with Gasteiger partial charge in [-0.15, -0.1) is 0 Å². The van der Waals surface area contributed by atoms with Crippen molar-refractivity contribution >= 4 is 17.4 Å². The molecule has 0 bridgehead atoms. The van der Waals surface area contributed by atoms with Crippen molar-refractivity contribution in [1.29, 1.82) is 0 Å². The third kappa shape index (κ3) is 4.36. The van der Waals surface area contributed by atoms with Crippen LogP contribution < -0.4 is 10.6 Å². The molecule has 2 N–H and O–H groups in total. The molecule has 1 aliphatic rings. The molecule has 1 aliphatic heterocycles. The number of halogens is 1. The minimum absolute atomic E-state index is 0.00629. The molecule has 0 spiro atoms. The molecular formula is C22H27FN6O2. The van der Waals surface area contributed by atoms with E-state index in [-0.39, 0.29) is 47.7 Å². The number of aromatic nitrogens is 4. The molecule has 3 aromatic rings. The Hall–Kier alpha value is -3.07. The molecule has 31 heavy (non-hydrogen) atoms. The van der Waals surface area contributed by atoms with Crippen molar-refractivity contribution in [1.82, 2.24) is 19.6 Å². The summed E-state index contributed by atoms with van der Waals surface area (Å²) in [5.41, 5.74) is 5.56. The van der Waals surface area contributed by atoms with Crippen LogP contribution in [0.15, 0.2) is 30.7 Å². The third-order valence-electron chi connectivity index (χ3n) is 4.77. The fourth-order valence-electron chi connectivity index (χ4n) is 3.44. The number of carbonyl (C=O) groups excluding carboxylic acids is 1. The van der Waals surface area contributed by atoms with Crippen LogP contribution in [0.4, 0.5) is 10.2 Å². The van der Waals surface area contributed by atoms with Gasteiger partial charge in [-0.25, -0.2) is 18.7 Å². The van der Waals surface area contributed by atoms with Gasteiger partial charge in [0, 0.05) is 32.7 Å². The lowest BCUT2D eigenvalue weighted by molar-refractivity contribution is 0.0528. The van der Waals surface area contributed by atoms with Gasteiger partial charge < -0.3 is 15.4 Å². The van der Waals surface area contributed by atoms with Crippen LogP contribution in [0.1, 0.15) is 68.9 Å². The fourth-order valence-corrected chi connectivity index (χ4v) is 3.44. The van der Waals surface area contributed by atoms with Gasteiger partial charge >= 0.3 is 5.97 Å². The highest BCUT2D eigenvalue weighted by Crippen LogP contribution is 2.37. The number of aryl methyl sites for hydroxylation is 1. The highest BCUT2D eigenvalue weighted by molar-refractivity contribution is 5.95. The molecule has 0 aromatic carbocycles. The first-order valence-electron chi connectivity index (χ1n) is 12.9. The molecule has 0 aliphatic carbocycles. The minimum Gasteiger partial charge on any atom is -0.462 e. The van der Waals surface area contributed by atoms with Crippen LogP contribution in [0.5, 0.6) is 0 Å². The molecule has 2 atom stereocenters. The van der Waals surface area contributed by atoms with Gasteiger partial charge in [-0.1, -0.05) is 0 Å². The van der Waals surface area contributed by atoms with Gasteiger partial charge in [-0.05, 0) is 57.1 Å². The molecule has 0 amide bonds. The number of nitrogens with zero attached hydrogens (tertiary/aromatic N) is 5. The van der Waals surface area contributed by atoms with Crippen molar-refractivity contribution in [3.8, 4) is 0 Å². The van der Waals surface area contributed by atoms with Crippen molar-refractivity contribution in [2.75, 3.05) is 18.0 Å². The van der Waals surface area contributed by atoms with Gasteiger partial charge in [0.25, 0.3) is 0 Å². The molecular weight excluding hydrogens is 399 g/mol. The lowest BCUT2D eigenvalue weighted by Gasteiger charge is -2.27. The summed E-state index contributed by atoms with van der Waals surface area (Å²) in [6.45, 7) is 1.13. The van der Waals surface area contributed by atoms with E-state index in [2.05, 4.69) is 15.1 Å². The van der Waals surface area contributed by atoms with Crippen molar-refractivity contribution in [2.45, 2.75) is 51.5 Å². The number of rotatable bonds is 7. The number of anilines is 1. The normalized spacial score (nSPS) is 22.7. The zero-order valence-corrected chi connectivity index (χ0v) is 17.2. The van der Waals surface area contributed by atoms with Crippen LogP contribution in [-0.2, 0) is 11.1 Å². The molecule has 4 heterocycles. The standard InChI is InChI=1S/C22H27FN6O2/c1-3-31-22(30)17-13-26-29-10-8-20(27-21(17)29)28-9-4-5-19(28)16-11-15(23)12-25-18(16)7-6-14(2)24/h8,10-14,19H,3-7,9,24H2,1-2H3/t14-,19?/m1/s1/i6D2,7D2,9D2. The second-order valence-electron chi connectivity index (χ2n) is 7.06. The van der Waals surface area contributed by atoms with Crippen molar-refractivity contribution in [3.63, 3.8) is 0 Å². The van der Waals surface area contributed by atoms with Crippen molar-refractivity contribution < 1.29 is 22.1 Å². The number of pyridine rings is 1. The first kappa shape index (κ1) is 14.9. The van der Waals surface area contributed by atoms with E-state index in [1.165, 1.54) is 34.8 Å². The molecule has 1 fully saturated rings. The summed E-state index contributed by atoms with van der Waals surface area (Å²) in [7, 11) is 0. The third-order valence-corrected chi connectivity index (χ3v) is 4.77. The smallest absolute Gasteiger partial charge is 0.343 e. The monoisotopic (exact) mass is 432 g/mol. The lowest BCUT2D eigenvalue weighted by atomic mass is 9.98. The van der Waals surface area contributed by atoms with Crippen molar-refractivity contribution in [2.24, 2.45) is 5.73 Å². The Kier molecular flexibility index (Phi) is 4.30. The Labute approximate surface area is 188 Å². The Morgan fingerprint density at radius 1 is 1.52 bits per heavy atom.